The van der Waals surface area contributed by atoms with Crippen LogP contribution in [0.15, 0.2) is 18.5 Å². The second-order valence-corrected chi connectivity index (χ2v) is 3.45. The third kappa shape index (κ3) is 1.06. The molecule has 2 rings (SSSR count). The van der Waals surface area contributed by atoms with Crippen LogP contribution >= 0.6 is 0 Å². The summed E-state index contributed by atoms with van der Waals surface area (Å²) >= 11 is 0. The first-order valence-corrected chi connectivity index (χ1v) is 4.24. The second kappa shape index (κ2) is 2.75. The molecule has 0 fully saturated rings. The maximum Gasteiger partial charge on any atom is 0.0569 e. The number of anilines is 1. The van der Waals surface area contributed by atoms with Gasteiger partial charge in [0.25, 0.3) is 0 Å². The van der Waals surface area contributed by atoms with Crippen molar-refractivity contribution in [2.45, 2.75) is 19.9 Å². The van der Waals surface area contributed by atoms with E-state index in [0.29, 0.717) is 12.0 Å². The number of nitrogens with one attached hydrogen (secondary N) is 2. The molecule has 1 aromatic heterocycles. The molecule has 3 nitrogen and oxygen atoms in total. The fourth-order valence-electron chi connectivity index (χ4n) is 1.53. The highest BCUT2D eigenvalue weighted by Gasteiger charge is 2.23. The van der Waals surface area contributed by atoms with Crippen LogP contribution in [0.4, 0.5) is 5.69 Å². The standard InChI is InChI=1S/C9H13N3/c1-6(2)9-7-5-10-4-3-8(7)11-12-9/h3-6,9,11-12H,1-2H3. The average molecular weight is 163 g/mol. The van der Waals surface area contributed by atoms with Gasteiger partial charge in [-0.15, -0.1) is 0 Å². The predicted octanol–water partition coefficient (Wildman–Crippen LogP) is 1.71. The van der Waals surface area contributed by atoms with E-state index in [2.05, 4.69) is 29.7 Å². The molecule has 1 aliphatic heterocycles. The van der Waals surface area contributed by atoms with E-state index in [1.54, 1.807) is 6.20 Å². The van der Waals surface area contributed by atoms with Gasteiger partial charge in [-0.3, -0.25) is 4.98 Å². The summed E-state index contributed by atoms with van der Waals surface area (Å²) in [5.41, 5.74) is 8.80. The third-order valence-electron chi connectivity index (χ3n) is 2.22. The number of pyridine rings is 1. The molecule has 0 saturated carbocycles. The second-order valence-electron chi connectivity index (χ2n) is 3.45. The number of hydrazine groups is 1. The molecule has 2 N–H and O–H groups in total. The van der Waals surface area contributed by atoms with E-state index in [9.17, 15) is 0 Å². The Morgan fingerprint density at radius 2 is 2.33 bits per heavy atom. The third-order valence-corrected chi connectivity index (χ3v) is 2.22. The maximum absolute atomic E-state index is 4.11. The Labute approximate surface area is 72.2 Å². The first-order chi connectivity index (χ1) is 5.79. The van der Waals surface area contributed by atoms with E-state index in [1.807, 2.05) is 12.3 Å². The molecule has 0 aromatic carbocycles. The number of aromatic nitrogens is 1. The molecule has 1 unspecified atom stereocenters. The molecule has 0 saturated heterocycles. The molecule has 0 bridgehead atoms. The zero-order chi connectivity index (χ0) is 8.55. The maximum atomic E-state index is 4.11. The van der Waals surface area contributed by atoms with Crippen LogP contribution in [0.1, 0.15) is 25.5 Å². The van der Waals surface area contributed by atoms with Crippen LogP contribution < -0.4 is 10.9 Å². The molecule has 0 amide bonds. The largest absolute Gasteiger partial charge is 0.320 e. The zero-order valence-corrected chi connectivity index (χ0v) is 7.33. The Hall–Kier alpha value is -1.09. The predicted molar refractivity (Wildman–Crippen MR) is 48.6 cm³/mol. The normalized spacial score (nSPS) is 20.8. The summed E-state index contributed by atoms with van der Waals surface area (Å²) < 4.78 is 0. The SMILES string of the molecule is CC(C)C1NNc2ccncc21. The van der Waals surface area contributed by atoms with Crippen LogP contribution in [0, 0.1) is 5.92 Å². The van der Waals surface area contributed by atoms with Crippen LogP contribution in [0.2, 0.25) is 0 Å². The molecule has 0 spiro atoms. The molecule has 1 aliphatic rings. The van der Waals surface area contributed by atoms with Crippen molar-refractivity contribution in [3.05, 3.63) is 24.0 Å². The van der Waals surface area contributed by atoms with Crippen molar-refractivity contribution >= 4 is 5.69 Å². The summed E-state index contributed by atoms with van der Waals surface area (Å²) in [6.07, 6.45) is 3.73. The number of hydrogen-bond donors (Lipinski definition) is 2. The van der Waals surface area contributed by atoms with Crippen molar-refractivity contribution in [2.75, 3.05) is 5.43 Å². The number of nitrogens with zero attached hydrogens (tertiary/aromatic N) is 1. The molecular weight excluding hydrogens is 150 g/mol. The lowest BCUT2D eigenvalue weighted by Gasteiger charge is -2.13. The van der Waals surface area contributed by atoms with E-state index in [0.717, 1.165) is 5.69 Å². The van der Waals surface area contributed by atoms with E-state index in [4.69, 9.17) is 0 Å². The minimum Gasteiger partial charge on any atom is -0.320 e. The first kappa shape index (κ1) is 7.55. The van der Waals surface area contributed by atoms with E-state index in [-0.39, 0.29) is 0 Å². The quantitative estimate of drug-likeness (QED) is 0.661. The van der Waals surface area contributed by atoms with Gasteiger partial charge in [-0.05, 0) is 12.0 Å². The minimum atomic E-state index is 0.397. The van der Waals surface area contributed by atoms with Gasteiger partial charge in [0.2, 0.25) is 0 Å². The van der Waals surface area contributed by atoms with Gasteiger partial charge in [0.15, 0.2) is 0 Å². The first-order valence-electron chi connectivity index (χ1n) is 4.24. The zero-order valence-electron chi connectivity index (χ0n) is 7.33. The number of hydrogen-bond acceptors (Lipinski definition) is 3. The van der Waals surface area contributed by atoms with E-state index < -0.39 is 0 Å². The Morgan fingerprint density at radius 3 is 3.08 bits per heavy atom. The van der Waals surface area contributed by atoms with Gasteiger partial charge in [-0.2, -0.15) is 0 Å². The summed E-state index contributed by atoms with van der Waals surface area (Å²) in [6, 6.07) is 2.39. The Balaban J connectivity index is 2.36. The molecule has 3 heteroatoms. The van der Waals surface area contributed by atoms with Gasteiger partial charge < -0.3 is 5.43 Å². The van der Waals surface area contributed by atoms with Crippen molar-refractivity contribution in [1.29, 1.82) is 0 Å². The number of rotatable bonds is 1. The molecule has 0 radical (unpaired) electrons. The van der Waals surface area contributed by atoms with Gasteiger partial charge in [-0.25, -0.2) is 5.43 Å². The highest BCUT2D eigenvalue weighted by atomic mass is 15.4. The lowest BCUT2D eigenvalue weighted by Crippen LogP contribution is -2.22. The summed E-state index contributed by atoms with van der Waals surface area (Å²) in [5, 5.41) is 0. The van der Waals surface area contributed by atoms with Crippen molar-refractivity contribution in [1.82, 2.24) is 10.4 Å². The molecule has 12 heavy (non-hydrogen) atoms. The van der Waals surface area contributed by atoms with Gasteiger partial charge in [-0.1, -0.05) is 13.8 Å². The number of fused-ring (bicyclic) bond motifs is 1. The molecule has 1 atom stereocenters. The lowest BCUT2D eigenvalue weighted by molar-refractivity contribution is 0.460. The highest BCUT2D eigenvalue weighted by Crippen LogP contribution is 2.31. The van der Waals surface area contributed by atoms with Crippen molar-refractivity contribution in [3.63, 3.8) is 0 Å². The van der Waals surface area contributed by atoms with Crippen LogP contribution in [0.3, 0.4) is 0 Å². The van der Waals surface area contributed by atoms with Crippen LogP contribution in [0.5, 0.6) is 0 Å². The summed E-state index contributed by atoms with van der Waals surface area (Å²) in [5.74, 6) is 0.586. The molecule has 1 aromatic rings. The van der Waals surface area contributed by atoms with E-state index >= 15 is 0 Å². The topological polar surface area (TPSA) is 37.0 Å². The molecular formula is C9H13N3. The Bertz CT molecular complexity index is 283. The summed E-state index contributed by atoms with van der Waals surface area (Å²) in [7, 11) is 0. The van der Waals surface area contributed by atoms with Gasteiger partial charge in [0, 0.05) is 18.0 Å². The van der Waals surface area contributed by atoms with Gasteiger partial charge in [0.1, 0.15) is 0 Å². The van der Waals surface area contributed by atoms with Crippen molar-refractivity contribution in [2.24, 2.45) is 5.92 Å². The van der Waals surface area contributed by atoms with Gasteiger partial charge >= 0.3 is 0 Å². The fraction of sp³-hybridized carbons (Fsp3) is 0.444. The van der Waals surface area contributed by atoms with Crippen molar-refractivity contribution in [3.8, 4) is 0 Å². The molecule has 2 heterocycles. The van der Waals surface area contributed by atoms with E-state index in [1.165, 1.54) is 5.56 Å². The smallest absolute Gasteiger partial charge is 0.0569 e. The van der Waals surface area contributed by atoms with Crippen molar-refractivity contribution < 1.29 is 0 Å². The highest BCUT2D eigenvalue weighted by molar-refractivity contribution is 5.54. The monoisotopic (exact) mass is 163 g/mol. The van der Waals surface area contributed by atoms with Crippen LogP contribution in [-0.2, 0) is 0 Å². The van der Waals surface area contributed by atoms with Gasteiger partial charge in [0.05, 0.1) is 11.7 Å². The van der Waals surface area contributed by atoms with Crippen LogP contribution in [-0.4, -0.2) is 4.98 Å². The average Bonchev–Trinajstić information content (AvgIpc) is 2.47. The molecule has 0 aliphatic carbocycles. The Kier molecular flexibility index (Phi) is 1.73. The van der Waals surface area contributed by atoms with Crippen LogP contribution in [0.25, 0.3) is 0 Å². The summed E-state index contributed by atoms with van der Waals surface area (Å²) in [4.78, 5) is 4.11. The summed E-state index contributed by atoms with van der Waals surface area (Å²) in [6.45, 7) is 4.39. The lowest BCUT2D eigenvalue weighted by atomic mass is 9.99. The molecule has 64 valence electrons. The minimum absolute atomic E-state index is 0.397. The fourth-order valence-corrected chi connectivity index (χ4v) is 1.53. The Morgan fingerprint density at radius 1 is 1.50 bits per heavy atom.